The fourth-order valence-electron chi connectivity index (χ4n) is 1.18. The van der Waals surface area contributed by atoms with Gasteiger partial charge in [0.25, 0.3) is 0 Å². The summed E-state index contributed by atoms with van der Waals surface area (Å²) in [4.78, 5) is 10.3. The van der Waals surface area contributed by atoms with Gasteiger partial charge in [-0.1, -0.05) is 12.2 Å². The van der Waals surface area contributed by atoms with Crippen molar-refractivity contribution >= 4 is 6.29 Å². The molecular formula is C8H9NO. The van der Waals surface area contributed by atoms with Crippen molar-refractivity contribution in [2.24, 2.45) is 11.8 Å². The summed E-state index contributed by atoms with van der Waals surface area (Å²) in [6, 6.07) is 1.99. The van der Waals surface area contributed by atoms with E-state index >= 15 is 0 Å². The maximum atomic E-state index is 10.3. The Morgan fingerprint density at radius 1 is 1.60 bits per heavy atom. The number of carbonyl (C=O) groups excluding carboxylic acids is 1. The van der Waals surface area contributed by atoms with Crippen molar-refractivity contribution < 1.29 is 4.79 Å². The molecule has 0 fully saturated rings. The van der Waals surface area contributed by atoms with E-state index in [-0.39, 0.29) is 5.92 Å². The van der Waals surface area contributed by atoms with Crippen LogP contribution in [0.5, 0.6) is 0 Å². The van der Waals surface area contributed by atoms with Gasteiger partial charge in [-0.15, -0.1) is 0 Å². The highest BCUT2D eigenvalue weighted by molar-refractivity contribution is 5.58. The molecule has 0 aromatic rings. The predicted molar refractivity (Wildman–Crippen MR) is 37.0 cm³/mol. The summed E-state index contributed by atoms with van der Waals surface area (Å²) in [6.45, 7) is 0. The summed E-state index contributed by atoms with van der Waals surface area (Å²) >= 11 is 0. The van der Waals surface area contributed by atoms with E-state index in [1.807, 2.05) is 18.2 Å². The largest absolute Gasteiger partial charge is 0.302 e. The number of aldehydes is 1. The van der Waals surface area contributed by atoms with E-state index in [0.717, 1.165) is 19.1 Å². The Morgan fingerprint density at radius 3 is 2.60 bits per heavy atom. The van der Waals surface area contributed by atoms with Crippen molar-refractivity contribution in [2.45, 2.75) is 12.8 Å². The lowest BCUT2D eigenvalue weighted by atomic mass is 9.93. The molecule has 0 aromatic heterocycles. The first-order valence-electron chi connectivity index (χ1n) is 3.38. The number of hydrogen-bond donors (Lipinski definition) is 0. The Labute approximate surface area is 60.2 Å². The van der Waals surface area contributed by atoms with Gasteiger partial charge in [0.2, 0.25) is 0 Å². The minimum absolute atomic E-state index is 0.252. The summed E-state index contributed by atoms with van der Waals surface area (Å²) in [5.74, 6) is -0.141. The first-order valence-corrected chi connectivity index (χ1v) is 3.38. The van der Waals surface area contributed by atoms with Crippen LogP contribution in [0.15, 0.2) is 12.2 Å². The molecule has 1 rings (SSSR count). The molecule has 10 heavy (non-hydrogen) atoms. The fourth-order valence-corrected chi connectivity index (χ4v) is 1.18. The normalized spacial score (nSPS) is 20.3. The molecule has 0 radical (unpaired) electrons. The van der Waals surface area contributed by atoms with Crippen molar-refractivity contribution in [1.29, 1.82) is 5.26 Å². The Hall–Kier alpha value is -1.10. The van der Waals surface area contributed by atoms with E-state index in [2.05, 4.69) is 0 Å². The van der Waals surface area contributed by atoms with Gasteiger partial charge in [-0.25, -0.2) is 0 Å². The van der Waals surface area contributed by atoms with Crippen LogP contribution in [-0.2, 0) is 4.79 Å². The Bertz CT molecular complexity index is 182. The maximum Gasteiger partial charge on any atom is 0.137 e. The maximum absolute atomic E-state index is 10.3. The second kappa shape index (κ2) is 3.17. The van der Waals surface area contributed by atoms with E-state index < -0.39 is 5.92 Å². The molecule has 0 saturated heterocycles. The third kappa shape index (κ3) is 1.24. The molecule has 0 bridgehead atoms. The van der Waals surface area contributed by atoms with Gasteiger partial charge in [0.15, 0.2) is 0 Å². The van der Waals surface area contributed by atoms with Gasteiger partial charge in [-0.3, -0.25) is 0 Å². The zero-order valence-electron chi connectivity index (χ0n) is 5.66. The van der Waals surface area contributed by atoms with Crippen LogP contribution in [0.2, 0.25) is 0 Å². The summed E-state index contributed by atoms with van der Waals surface area (Å²) < 4.78 is 0. The van der Waals surface area contributed by atoms with Crippen molar-refractivity contribution in [3.05, 3.63) is 12.2 Å². The monoisotopic (exact) mass is 135 g/mol. The molecule has 0 N–H and O–H groups in total. The molecule has 0 heterocycles. The first-order chi connectivity index (χ1) is 4.88. The molecule has 1 unspecified atom stereocenters. The van der Waals surface area contributed by atoms with E-state index in [9.17, 15) is 4.79 Å². The number of carbonyl (C=O) groups is 1. The third-order valence-corrected chi connectivity index (χ3v) is 1.85. The van der Waals surface area contributed by atoms with Gasteiger partial charge in [-0.2, -0.15) is 5.26 Å². The Kier molecular flexibility index (Phi) is 2.22. The highest BCUT2D eigenvalue weighted by Gasteiger charge is 2.20. The van der Waals surface area contributed by atoms with Gasteiger partial charge >= 0.3 is 0 Å². The van der Waals surface area contributed by atoms with Crippen LogP contribution in [0.3, 0.4) is 0 Å². The van der Waals surface area contributed by atoms with Gasteiger partial charge in [-0.05, 0) is 18.8 Å². The second-order valence-corrected chi connectivity index (χ2v) is 2.49. The summed E-state index contributed by atoms with van der Waals surface area (Å²) in [5, 5.41) is 8.48. The lowest BCUT2D eigenvalue weighted by Gasteiger charge is -2.07. The molecule has 52 valence electrons. The third-order valence-electron chi connectivity index (χ3n) is 1.85. The topological polar surface area (TPSA) is 40.9 Å². The van der Waals surface area contributed by atoms with Crippen LogP contribution in [0, 0.1) is 23.2 Å². The molecule has 2 heteroatoms. The smallest absolute Gasteiger partial charge is 0.137 e. The average molecular weight is 135 g/mol. The molecule has 1 aliphatic carbocycles. The second-order valence-electron chi connectivity index (χ2n) is 2.49. The lowest BCUT2D eigenvalue weighted by Crippen LogP contribution is -2.10. The predicted octanol–water partition coefficient (Wildman–Crippen LogP) is 1.29. The van der Waals surface area contributed by atoms with E-state index in [4.69, 9.17) is 5.26 Å². The van der Waals surface area contributed by atoms with E-state index in [0.29, 0.717) is 0 Å². The van der Waals surface area contributed by atoms with Crippen LogP contribution in [0.4, 0.5) is 0 Å². The van der Waals surface area contributed by atoms with Crippen LogP contribution >= 0.6 is 0 Å². The molecule has 0 amide bonds. The summed E-state index contributed by atoms with van der Waals surface area (Å²) in [6.07, 6.45) is 6.57. The van der Waals surface area contributed by atoms with Gasteiger partial charge in [0.1, 0.15) is 12.2 Å². The number of nitrogens with zero attached hydrogens (tertiary/aromatic N) is 1. The molecule has 1 aliphatic rings. The molecular weight excluding hydrogens is 126 g/mol. The van der Waals surface area contributed by atoms with Gasteiger partial charge < -0.3 is 4.79 Å². The zero-order chi connectivity index (χ0) is 7.40. The highest BCUT2D eigenvalue weighted by atomic mass is 16.1. The molecule has 0 spiro atoms. The van der Waals surface area contributed by atoms with E-state index in [1.54, 1.807) is 0 Å². The van der Waals surface area contributed by atoms with Crippen LogP contribution in [-0.4, -0.2) is 6.29 Å². The first kappa shape index (κ1) is 7.01. The number of allylic oxidation sites excluding steroid dienone is 2. The van der Waals surface area contributed by atoms with Crippen LogP contribution in [0.1, 0.15) is 12.8 Å². The van der Waals surface area contributed by atoms with Gasteiger partial charge in [0.05, 0.1) is 6.07 Å². The number of nitriles is 1. The van der Waals surface area contributed by atoms with Crippen molar-refractivity contribution in [1.82, 2.24) is 0 Å². The molecule has 0 saturated carbocycles. The van der Waals surface area contributed by atoms with E-state index in [1.165, 1.54) is 0 Å². The Morgan fingerprint density at radius 2 is 2.20 bits per heavy atom. The standard InChI is InChI=1S/C8H9NO/c9-5-8(6-10)7-3-1-2-4-7/h1-2,6-8H,3-4H2. The number of rotatable bonds is 2. The molecule has 0 aromatic carbocycles. The zero-order valence-corrected chi connectivity index (χ0v) is 5.66. The van der Waals surface area contributed by atoms with Crippen molar-refractivity contribution in [3.63, 3.8) is 0 Å². The molecule has 2 nitrogen and oxygen atoms in total. The summed E-state index contributed by atoms with van der Waals surface area (Å²) in [7, 11) is 0. The van der Waals surface area contributed by atoms with Crippen molar-refractivity contribution in [2.75, 3.05) is 0 Å². The van der Waals surface area contributed by atoms with Crippen LogP contribution in [0.25, 0.3) is 0 Å². The molecule has 0 aliphatic heterocycles. The minimum Gasteiger partial charge on any atom is -0.302 e. The number of hydrogen-bond acceptors (Lipinski definition) is 2. The van der Waals surface area contributed by atoms with Gasteiger partial charge in [0, 0.05) is 0 Å². The Balaban J connectivity index is 2.48. The quantitative estimate of drug-likeness (QED) is 0.423. The van der Waals surface area contributed by atoms with Crippen molar-refractivity contribution in [3.8, 4) is 6.07 Å². The SMILES string of the molecule is N#CC(C=O)C1CC=CC1. The lowest BCUT2D eigenvalue weighted by molar-refractivity contribution is -0.110. The average Bonchev–Trinajstić information content (AvgIpc) is 2.43. The van der Waals surface area contributed by atoms with Crippen LogP contribution < -0.4 is 0 Å². The highest BCUT2D eigenvalue weighted by Crippen LogP contribution is 2.24. The summed E-state index contributed by atoms with van der Waals surface area (Å²) in [5.41, 5.74) is 0. The molecule has 1 atom stereocenters. The minimum atomic E-state index is -0.394. The fraction of sp³-hybridized carbons (Fsp3) is 0.500.